The lowest BCUT2D eigenvalue weighted by atomic mass is 10.5. The second kappa shape index (κ2) is 5.06. The molecule has 0 saturated carbocycles. The Morgan fingerprint density at radius 3 is 2.40 bits per heavy atom. The Kier molecular flexibility index (Phi) is 4.67. The van der Waals surface area contributed by atoms with Crippen LogP contribution in [0.4, 0.5) is 0 Å². The first-order valence-electron chi connectivity index (χ1n) is 2.84. The molecule has 0 unspecified atom stereocenters. The molecular formula is C8H10OS. The van der Waals surface area contributed by atoms with E-state index in [0.29, 0.717) is 0 Å². The zero-order valence-corrected chi connectivity index (χ0v) is 6.78. The van der Waals surface area contributed by atoms with Crippen molar-refractivity contribution in [3.63, 3.8) is 0 Å². The van der Waals surface area contributed by atoms with E-state index in [1.165, 1.54) is 6.92 Å². The second-order valence-corrected chi connectivity index (χ2v) is 2.85. The van der Waals surface area contributed by atoms with Gasteiger partial charge in [-0.25, -0.2) is 0 Å². The number of rotatable bonds is 3. The predicted molar refractivity (Wildman–Crippen MR) is 46.7 cm³/mol. The van der Waals surface area contributed by atoms with Gasteiger partial charge in [0.15, 0.2) is 5.12 Å². The van der Waals surface area contributed by atoms with Gasteiger partial charge < -0.3 is 0 Å². The number of hydrogen-bond donors (Lipinski definition) is 0. The third-order valence-corrected chi connectivity index (χ3v) is 1.57. The molecule has 0 aliphatic rings. The SMILES string of the molecule is C=C/C=C(\C=C)SC(C)=O. The lowest BCUT2D eigenvalue weighted by Crippen LogP contribution is -1.79. The van der Waals surface area contributed by atoms with Crippen LogP contribution in [0.3, 0.4) is 0 Å². The Balaban J connectivity index is 4.08. The van der Waals surface area contributed by atoms with Crippen LogP contribution in [0.5, 0.6) is 0 Å². The molecule has 0 radical (unpaired) electrons. The zero-order chi connectivity index (χ0) is 7.98. The molecule has 0 atom stereocenters. The van der Waals surface area contributed by atoms with Crippen molar-refractivity contribution >= 4 is 16.9 Å². The lowest BCUT2D eigenvalue weighted by molar-refractivity contribution is -0.109. The maximum absolute atomic E-state index is 10.5. The molecule has 0 aliphatic carbocycles. The van der Waals surface area contributed by atoms with Gasteiger partial charge in [-0.1, -0.05) is 37.1 Å². The van der Waals surface area contributed by atoms with E-state index in [9.17, 15) is 4.79 Å². The summed E-state index contributed by atoms with van der Waals surface area (Å²) in [6.45, 7) is 8.57. The third-order valence-electron chi connectivity index (χ3n) is 0.745. The summed E-state index contributed by atoms with van der Waals surface area (Å²) in [5.41, 5.74) is 0. The van der Waals surface area contributed by atoms with Crippen molar-refractivity contribution in [3.8, 4) is 0 Å². The van der Waals surface area contributed by atoms with Crippen LogP contribution in [0.25, 0.3) is 0 Å². The Hall–Kier alpha value is -0.760. The summed E-state index contributed by atoms with van der Waals surface area (Å²) >= 11 is 1.16. The molecule has 0 aromatic heterocycles. The summed E-state index contributed by atoms with van der Waals surface area (Å²) in [5, 5.41) is 0.0630. The normalized spacial score (nSPS) is 10.7. The van der Waals surface area contributed by atoms with Gasteiger partial charge in [0.2, 0.25) is 0 Å². The monoisotopic (exact) mass is 154 g/mol. The van der Waals surface area contributed by atoms with Gasteiger partial charge in [-0.2, -0.15) is 0 Å². The smallest absolute Gasteiger partial charge is 0.190 e. The molecule has 0 fully saturated rings. The predicted octanol–water partition coefficient (Wildman–Crippen LogP) is 2.52. The highest BCUT2D eigenvalue weighted by atomic mass is 32.2. The van der Waals surface area contributed by atoms with E-state index in [-0.39, 0.29) is 5.12 Å². The summed E-state index contributed by atoms with van der Waals surface area (Å²) in [7, 11) is 0. The van der Waals surface area contributed by atoms with E-state index in [0.717, 1.165) is 16.7 Å². The largest absolute Gasteiger partial charge is 0.287 e. The van der Waals surface area contributed by atoms with Crippen molar-refractivity contribution in [2.75, 3.05) is 0 Å². The first-order valence-corrected chi connectivity index (χ1v) is 3.66. The van der Waals surface area contributed by atoms with Gasteiger partial charge in [0.25, 0.3) is 0 Å². The van der Waals surface area contributed by atoms with E-state index in [1.54, 1.807) is 18.2 Å². The first-order chi connectivity index (χ1) is 4.70. The van der Waals surface area contributed by atoms with Crippen molar-refractivity contribution in [3.05, 3.63) is 36.3 Å². The van der Waals surface area contributed by atoms with Crippen LogP contribution in [0.1, 0.15) is 6.92 Å². The number of allylic oxidation sites excluding steroid dienone is 3. The van der Waals surface area contributed by atoms with E-state index in [4.69, 9.17) is 0 Å². The van der Waals surface area contributed by atoms with Crippen LogP contribution in [0, 0.1) is 0 Å². The summed E-state index contributed by atoms with van der Waals surface area (Å²) in [6, 6.07) is 0. The number of thioether (sulfide) groups is 1. The van der Waals surface area contributed by atoms with Crippen molar-refractivity contribution in [1.29, 1.82) is 0 Å². The molecule has 0 rings (SSSR count). The molecule has 0 aromatic carbocycles. The molecule has 0 aliphatic heterocycles. The van der Waals surface area contributed by atoms with Crippen molar-refractivity contribution in [1.82, 2.24) is 0 Å². The Morgan fingerprint density at radius 2 is 2.10 bits per heavy atom. The summed E-state index contributed by atoms with van der Waals surface area (Å²) in [4.78, 5) is 11.4. The van der Waals surface area contributed by atoms with Crippen LogP contribution < -0.4 is 0 Å². The quantitative estimate of drug-likeness (QED) is 0.581. The van der Waals surface area contributed by atoms with Crippen LogP contribution in [0.15, 0.2) is 36.3 Å². The van der Waals surface area contributed by atoms with E-state index >= 15 is 0 Å². The van der Waals surface area contributed by atoms with Gasteiger partial charge in [-0.3, -0.25) is 4.79 Å². The number of carbonyl (C=O) groups excluding carboxylic acids is 1. The first kappa shape index (κ1) is 9.24. The van der Waals surface area contributed by atoms with E-state index in [1.807, 2.05) is 0 Å². The van der Waals surface area contributed by atoms with Gasteiger partial charge >= 0.3 is 0 Å². The van der Waals surface area contributed by atoms with Crippen LogP contribution in [-0.4, -0.2) is 5.12 Å². The molecule has 0 spiro atoms. The van der Waals surface area contributed by atoms with Gasteiger partial charge in [-0.05, 0) is 6.08 Å². The molecule has 0 heterocycles. The molecule has 2 heteroatoms. The Morgan fingerprint density at radius 1 is 1.50 bits per heavy atom. The summed E-state index contributed by atoms with van der Waals surface area (Å²) in [6.07, 6.45) is 5.01. The zero-order valence-electron chi connectivity index (χ0n) is 5.96. The van der Waals surface area contributed by atoms with Crippen molar-refractivity contribution < 1.29 is 4.79 Å². The van der Waals surface area contributed by atoms with Crippen molar-refractivity contribution in [2.45, 2.75) is 6.92 Å². The third kappa shape index (κ3) is 4.15. The average Bonchev–Trinajstić information content (AvgIpc) is 1.86. The summed E-state index contributed by atoms with van der Waals surface area (Å²) in [5.74, 6) is 0. The highest BCUT2D eigenvalue weighted by molar-refractivity contribution is 8.17. The lowest BCUT2D eigenvalue weighted by Gasteiger charge is -1.92. The van der Waals surface area contributed by atoms with Crippen LogP contribution >= 0.6 is 11.8 Å². The molecule has 0 amide bonds. The maximum atomic E-state index is 10.5. The highest BCUT2D eigenvalue weighted by Crippen LogP contribution is 2.16. The average molecular weight is 154 g/mol. The molecule has 54 valence electrons. The van der Waals surface area contributed by atoms with E-state index in [2.05, 4.69) is 13.2 Å². The van der Waals surface area contributed by atoms with Crippen molar-refractivity contribution in [2.24, 2.45) is 0 Å². The van der Waals surface area contributed by atoms with Gasteiger partial charge in [0, 0.05) is 11.8 Å². The highest BCUT2D eigenvalue weighted by Gasteiger charge is 1.94. The molecule has 0 N–H and O–H groups in total. The molecular weight excluding hydrogens is 144 g/mol. The fourth-order valence-corrected chi connectivity index (χ4v) is 1.01. The number of carbonyl (C=O) groups is 1. The molecule has 10 heavy (non-hydrogen) atoms. The number of hydrogen-bond acceptors (Lipinski definition) is 2. The van der Waals surface area contributed by atoms with Crippen LogP contribution in [0.2, 0.25) is 0 Å². The molecule has 1 nitrogen and oxygen atoms in total. The summed E-state index contributed by atoms with van der Waals surface area (Å²) < 4.78 is 0. The minimum atomic E-state index is 0.0630. The van der Waals surface area contributed by atoms with Gasteiger partial charge in [0.05, 0.1) is 0 Å². The van der Waals surface area contributed by atoms with E-state index < -0.39 is 0 Å². The van der Waals surface area contributed by atoms with Gasteiger partial charge in [0.1, 0.15) is 0 Å². The molecule has 0 bridgehead atoms. The second-order valence-electron chi connectivity index (χ2n) is 1.60. The van der Waals surface area contributed by atoms with Crippen LogP contribution in [-0.2, 0) is 4.79 Å². The Bertz CT molecular complexity index is 180. The fraction of sp³-hybridized carbons (Fsp3) is 0.125. The minimum Gasteiger partial charge on any atom is -0.287 e. The standard InChI is InChI=1S/C8H10OS/c1-4-6-8(5-2)10-7(3)9/h4-6H,1-2H2,3H3/b8-6+. The van der Waals surface area contributed by atoms with Gasteiger partial charge in [-0.15, -0.1) is 0 Å². The Labute approximate surface area is 65.5 Å². The molecule has 0 aromatic rings. The molecule has 0 saturated heterocycles. The maximum Gasteiger partial charge on any atom is 0.190 e. The fourth-order valence-electron chi connectivity index (χ4n) is 0.426. The topological polar surface area (TPSA) is 17.1 Å². The minimum absolute atomic E-state index is 0.0630.